The minimum Gasteiger partial charge on any atom is -0.504 e. The van der Waals surface area contributed by atoms with E-state index in [1.165, 1.54) is 6.08 Å². The third-order valence-electron chi connectivity index (χ3n) is 1.74. The van der Waals surface area contributed by atoms with Gasteiger partial charge in [-0.3, -0.25) is 0 Å². The molecule has 80 valence electrons. The molecule has 4 nitrogen and oxygen atoms in total. The monoisotopic (exact) mass is 208 g/mol. The smallest absolute Gasteiger partial charge is 0.328 e. The van der Waals surface area contributed by atoms with Gasteiger partial charge in [-0.15, -0.1) is 0 Å². The van der Waals surface area contributed by atoms with Crippen molar-refractivity contribution in [2.24, 2.45) is 0 Å². The van der Waals surface area contributed by atoms with Gasteiger partial charge in [0.15, 0.2) is 11.5 Å². The first-order valence-corrected chi connectivity index (χ1v) is 4.51. The zero-order valence-electron chi connectivity index (χ0n) is 8.30. The van der Waals surface area contributed by atoms with Gasteiger partial charge >= 0.3 is 5.97 Å². The molecule has 0 amide bonds. The molecule has 0 atom stereocenters. The Hall–Kier alpha value is -1.97. The molecular weight excluding hydrogens is 196 g/mol. The van der Waals surface area contributed by atoms with E-state index in [1.54, 1.807) is 25.1 Å². The number of hydrogen-bond donors (Lipinski definition) is 2. The number of aromatic hydroxyl groups is 1. The molecule has 1 aromatic carbocycles. The number of carboxylic acids is 1. The number of rotatable bonds is 4. The Bertz CT molecular complexity index is 382. The van der Waals surface area contributed by atoms with Crippen molar-refractivity contribution in [3.63, 3.8) is 0 Å². The van der Waals surface area contributed by atoms with Crippen LogP contribution in [0.4, 0.5) is 0 Å². The number of phenols is 1. The van der Waals surface area contributed by atoms with Crippen molar-refractivity contribution in [3.8, 4) is 11.5 Å². The molecule has 0 saturated carbocycles. The summed E-state index contributed by atoms with van der Waals surface area (Å²) in [6.45, 7) is 2.25. The molecule has 0 saturated heterocycles. The van der Waals surface area contributed by atoms with Crippen LogP contribution in [0.25, 0.3) is 6.08 Å². The lowest BCUT2D eigenvalue weighted by Crippen LogP contribution is -1.92. The summed E-state index contributed by atoms with van der Waals surface area (Å²) in [7, 11) is 0. The highest BCUT2D eigenvalue weighted by atomic mass is 16.5. The summed E-state index contributed by atoms with van der Waals surface area (Å²) in [5, 5.41) is 18.1. The van der Waals surface area contributed by atoms with Gasteiger partial charge < -0.3 is 14.9 Å². The van der Waals surface area contributed by atoms with Crippen LogP contribution in [0.3, 0.4) is 0 Å². The quantitative estimate of drug-likeness (QED) is 0.741. The number of benzene rings is 1. The standard InChI is InChI=1S/C11H12O4/c1-2-15-9-5-3-4-8(11(9)14)6-7-10(12)13/h3-7,14H,2H2,1H3,(H,12,13). The van der Waals surface area contributed by atoms with Crippen LogP contribution in [0.15, 0.2) is 24.3 Å². The lowest BCUT2D eigenvalue weighted by molar-refractivity contribution is -0.131. The van der Waals surface area contributed by atoms with E-state index in [4.69, 9.17) is 9.84 Å². The third-order valence-corrected chi connectivity index (χ3v) is 1.74. The molecule has 2 N–H and O–H groups in total. The topological polar surface area (TPSA) is 66.8 Å². The summed E-state index contributed by atoms with van der Waals surface area (Å²) in [6.07, 6.45) is 2.28. The molecule has 0 fully saturated rings. The number of aliphatic carboxylic acids is 1. The van der Waals surface area contributed by atoms with Crippen LogP contribution in [0.5, 0.6) is 11.5 Å². The molecule has 0 aromatic heterocycles. The fourth-order valence-electron chi connectivity index (χ4n) is 1.11. The first kappa shape index (κ1) is 11.1. The van der Waals surface area contributed by atoms with E-state index in [2.05, 4.69) is 0 Å². The van der Waals surface area contributed by atoms with Gasteiger partial charge in [-0.2, -0.15) is 0 Å². The predicted molar refractivity (Wildman–Crippen MR) is 55.9 cm³/mol. The SMILES string of the molecule is CCOc1cccc(C=CC(=O)O)c1O. The van der Waals surface area contributed by atoms with E-state index in [-0.39, 0.29) is 5.75 Å². The Morgan fingerprint density at radius 2 is 2.27 bits per heavy atom. The van der Waals surface area contributed by atoms with Crippen molar-refractivity contribution in [2.75, 3.05) is 6.61 Å². The van der Waals surface area contributed by atoms with Gasteiger partial charge in [0.1, 0.15) is 0 Å². The average Bonchev–Trinajstić information content (AvgIpc) is 2.19. The molecule has 0 heterocycles. The van der Waals surface area contributed by atoms with Crippen LogP contribution in [0.2, 0.25) is 0 Å². The number of carbonyl (C=O) groups is 1. The van der Waals surface area contributed by atoms with Gasteiger partial charge in [0, 0.05) is 11.6 Å². The fourth-order valence-corrected chi connectivity index (χ4v) is 1.11. The van der Waals surface area contributed by atoms with E-state index in [0.29, 0.717) is 17.9 Å². The molecule has 0 unspecified atom stereocenters. The van der Waals surface area contributed by atoms with Gasteiger partial charge in [-0.05, 0) is 19.1 Å². The maximum absolute atomic E-state index is 10.3. The highest BCUT2D eigenvalue weighted by molar-refractivity contribution is 5.86. The van der Waals surface area contributed by atoms with Gasteiger partial charge in [0.2, 0.25) is 0 Å². The van der Waals surface area contributed by atoms with Crippen molar-refractivity contribution >= 4 is 12.0 Å². The summed E-state index contributed by atoms with van der Waals surface area (Å²) < 4.78 is 5.15. The van der Waals surface area contributed by atoms with Gasteiger partial charge in [0.05, 0.1) is 6.61 Å². The number of phenolic OH excluding ortho intramolecular Hbond substituents is 1. The van der Waals surface area contributed by atoms with Crippen molar-refractivity contribution in [1.82, 2.24) is 0 Å². The highest BCUT2D eigenvalue weighted by Crippen LogP contribution is 2.30. The van der Waals surface area contributed by atoms with Crippen molar-refractivity contribution < 1.29 is 19.7 Å². The summed E-state index contributed by atoms with van der Waals surface area (Å²) in [5.41, 5.74) is 0.420. The Kier molecular flexibility index (Phi) is 3.74. The normalized spacial score (nSPS) is 10.5. The second-order valence-corrected chi connectivity index (χ2v) is 2.80. The summed E-state index contributed by atoms with van der Waals surface area (Å²) in [4.78, 5) is 10.3. The zero-order chi connectivity index (χ0) is 11.3. The maximum atomic E-state index is 10.3. The lowest BCUT2D eigenvalue weighted by atomic mass is 10.1. The Labute approximate surface area is 87.4 Å². The lowest BCUT2D eigenvalue weighted by Gasteiger charge is -2.07. The van der Waals surface area contributed by atoms with Gasteiger partial charge in [-0.1, -0.05) is 12.1 Å². The highest BCUT2D eigenvalue weighted by Gasteiger charge is 2.05. The molecule has 0 bridgehead atoms. The summed E-state index contributed by atoms with van der Waals surface area (Å²) in [5.74, 6) is -0.752. The molecule has 0 radical (unpaired) electrons. The summed E-state index contributed by atoms with van der Waals surface area (Å²) >= 11 is 0. The van der Waals surface area contributed by atoms with Crippen LogP contribution in [-0.2, 0) is 4.79 Å². The van der Waals surface area contributed by atoms with Crippen LogP contribution >= 0.6 is 0 Å². The molecule has 0 aliphatic carbocycles. The predicted octanol–water partition coefficient (Wildman–Crippen LogP) is 1.89. The third kappa shape index (κ3) is 3.02. The largest absolute Gasteiger partial charge is 0.504 e. The first-order chi connectivity index (χ1) is 7.15. The Morgan fingerprint density at radius 3 is 2.87 bits per heavy atom. The number of hydrogen-bond acceptors (Lipinski definition) is 3. The molecule has 0 spiro atoms. The van der Waals surface area contributed by atoms with Crippen LogP contribution in [0, 0.1) is 0 Å². The molecule has 0 aliphatic rings. The van der Waals surface area contributed by atoms with Crippen LogP contribution < -0.4 is 4.74 Å². The minimum absolute atomic E-state index is 0.0446. The first-order valence-electron chi connectivity index (χ1n) is 4.51. The van der Waals surface area contributed by atoms with Crippen molar-refractivity contribution in [2.45, 2.75) is 6.92 Å². The second kappa shape index (κ2) is 5.05. The zero-order valence-corrected chi connectivity index (χ0v) is 8.30. The minimum atomic E-state index is -1.06. The molecule has 1 rings (SSSR count). The Morgan fingerprint density at radius 1 is 1.53 bits per heavy atom. The fraction of sp³-hybridized carbons (Fsp3) is 0.182. The van der Waals surface area contributed by atoms with Crippen molar-refractivity contribution in [3.05, 3.63) is 29.8 Å². The maximum Gasteiger partial charge on any atom is 0.328 e. The van der Waals surface area contributed by atoms with E-state index in [1.807, 2.05) is 0 Å². The van der Waals surface area contributed by atoms with Gasteiger partial charge in [0.25, 0.3) is 0 Å². The molecule has 4 heteroatoms. The second-order valence-electron chi connectivity index (χ2n) is 2.80. The summed E-state index contributed by atoms with van der Waals surface area (Å²) in [6, 6.07) is 4.92. The van der Waals surface area contributed by atoms with Crippen LogP contribution in [0.1, 0.15) is 12.5 Å². The molecule has 15 heavy (non-hydrogen) atoms. The average molecular weight is 208 g/mol. The number of carboxylic acid groups (broad SMARTS) is 1. The van der Waals surface area contributed by atoms with E-state index >= 15 is 0 Å². The van der Waals surface area contributed by atoms with E-state index < -0.39 is 5.97 Å². The van der Waals surface area contributed by atoms with Crippen LogP contribution in [-0.4, -0.2) is 22.8 Å². The molecular formula is C11H12O4. The van der Waals surface area contributed by atoms with E-state index in [0.717, 1.165) is 6.08 Å². The molecule has 1 aromatic rings. The van der Waals surface area contributed by atoms with Gasteiger partial charge in [-0.25, -0.2) is 4.79 Å². The van der Waals surface area contributed by atoms with E-state index in [9.17, 15) is 9.90 Å². The number of para-hydroxylation sites is 1. The Balaban J connectivity index is 2.98. The molecule has 0 aliphatic heterocycles. The van der Waals surface area contributed by atoms with Crippen molar-refractivity contribution in [1.29, 1.82) is 0 Å². The number of ether oxygens (including phenoxy) is 1.